The molecule has 2 N–H and O–H groups in total. The summed E-state index contributed by atoms with van der Waals surface area (Å²) in [5, 5.41) is 8.43. The number of carbonyl (C=O) groups is 2. The quantitative estimate of drug-likeness (QED) is 0.485. The molecule has 1 atom stereocenters. The second-order valence-corrected chi connectivity index (χ2v) is 4.12. The third kappa shape index (κ3) is 1.87. The van der Waals surface area contributed by atoms with Gasteiger partial charge in [-0.15, -0.1) is 0 Å². The van der Waals surface area contributed by atoms with Crippen molar-refractivity contribution < 1.29 is 14.8 Å². The number of hydrogen-bond donors (Lipinski definition) is 2. The normalized spacial score (nSPS) is 26.8. The fraction of sp³-hybridized carbons (Fsp3) is 0.778. The molecule has 1 saturated heterocycles. The first-order chi connectivity index (χ1) is 6.70. The summed E-state index contributed by atoms with van der Waals surface area (Å²) in [4.78, 5) is 24.2. The van der Waals surface area contributed by atoms with Crippen molar-refractivity contribution in [2.75, 3.05) is 13.1 Å². The van der Waals surface area contributed by atoms with E-state index < -0.39 is 5.91 Å². The lowest BCUT2D eigenvalue weighted by Gasteiger charge is -2.15. The molecule has 0 aromatic carbocycles. The Labute approximate surface area is 82.0 Å². The second-order valence-electron chi connectivity index (χ2n) is 4.12. The number of nitrogens with one attached hydrogen (secondary N) is 1. The second kappa shape index (κ2) is 3.57. The van der Waals surface area contributed by atoms with Crippen molar-refractivity contribution in [1.29, 1.82) is 0 Å². The van der Waals surface area contributed by atoms with Gasteiger partial charge in [-0.3, -0.25) is 14.8 Å². The predicted octanol–water partition coefficient (Wildman–Crippen LogP) is -0.250. The van der Waals surface area contributed by atoms with Gasteiger partial charge in [-0.25, -0.2) is 5.48 Å². The number of nitrogens with zero attached hydrogens (tertiary/aromatic N) is 1. The fourth-order valence-corrected chi connectivity index (χ4v) is 1.83. The lowest BCUT2D eigenvalue weighted by Crippen LogP contribution is -2.31. The minimum atomic E-state index is -0.448. The average molecular weight is 198 g/mol. The standard InChI is InChI=1S/C9H14N2O3/c12-8-3-7(9(13)10-14)5-11(8)4-6-1-2-6/h6-7,14H,1-5H2,(H,10,13)/t7-/m1/s1. The third-order valence-electron chi connectivity index (χ3n) is 2.87. The van der Waals surface area contributed by atoms with Crippen LogP contribution in [0.2, 0.25) is 0 Å². The number of hydroxylamine groups is 1. The van der Waals surface area contributed by atoms with E-state index in [0.29, 0.717) is 12.5 Å². The van der Waals surface area contributed by atoms with Gasteiger partial charge in [-0.1, -0.05) is 0 Å². The highest BCUT2D eigenvalue weighted by Gasteiger charge is 2.36. The molecular formula is C9H14N2O3. The summed E-state index contributed by atoms with van der Waals surface area (Å²) in [6.45, 7) is 1.25. The Kier molecular flexibility index (Phi) is 2.41. The highest BCUT2D eigenvalue weighted by molar-refractivity contribution is 5.88. The maximum atomic E-state index is 11.4. The van der Waals surface area contributed by atoms with E-state index in [4.69, 9.17) is 5.21 Å². The van der Waals surface area contributed by atoms with Gasteiger partial charge in [0.25, 0.3) is 0 Å². The zero-order valence-electron chi connectivity index (χ0n) is 7.90. The maximum Gasteiger partial charge on any atom is 0.248 e. The Morgan fingerprint density at radius 3 is 2.86 bits per heavy atom. The van der Waals surface area contributed by atoms with Gasteiger partial charge in [0.05, 0.1) is 5.92 Å². The van der Waals surface area contributed by atoms with E-state index >= 15 is 0 Å². The fourth-order valence-electron chi connectivity index (χ4n) is 1.83. The van der Waals surface area contributed by atoms with Crippen molar-refractivity contribution in [2.45, 2.75) is 19.3 Å². The molecule has 5 nitrogen and oxygen atoms in total. The van der Waals surface area contributed by atoms with Gasteiger partial charge in [-0.2, -0.15) is 0 Å². The summed E-state index contributed by atoms with van der Waals surface area (Å²) >= 11 is 0. The molecule has 0 unspecified atom stereocenters. The van der Waals surface area contributed by atoms with Gasteiger partial charge in [0, 0.05) is 19.5 Å². The van der Waals surface area contributed by atoms with Crippen LogP contribution < -0.4 is 5.48 Å². The van der Waals surface area contributed by atoms with Crippen LogP contribution in [0.3, 0.4) is 0 Å². The van der Waals surface area contributed by atoms with Crippen LogP contribution in [0.15, 0.2) is 0 Å². The number of amides is 2. The van der Waals surface area contributed by atoms with E-state index in [1.807, 2.05) is 0 Å². The predicted molar refractivity (Wildman–Crippen MR) is 47.3 cm³/mol. The van der Waals surface area contributed by atoms with Gasteiger partial charge in [-0.05, 0) is 18.8 Å². The summed E-state index contributed by atoms with van der Waals surface area (Å²) in [7, 11) is 0. The lowest BCUT2D eigenvalue weighted by atomic mass is 10.1. The SMILES string of the molecule is O=C(NO)[C@@H]1CC(=O)N(CC2CC2)C1. The minimum absolute atomic E-state index is 0.0329. The molecule has 1 aliphatic carbocycles. The van der Waals surface area contributed by atoms with Crippen molar-refractivity contribution in [1.82, 2.24) is 10.4 Å². The summed E-state index contributed by atoms with van der Waals surface area (Å²) in [5.41, 5.74) is 1.60. The molecule has 2 aliphatic rings. The van der Waals surface area contributed by atoms with Crippen molar-refractivity contribution >= 4 is 11.8 Å². The van der Waals surface area contributed by atoms with Crippen LogP contribution in [0, 0.1) is 11.8 Å². The molecule has 0 radical (unpaired) electrons. The summed E-state index contributed by atoms with van der Waals surface area (Å²) in [6.07, 6.45) is 2.63. The van der Waals surface area contributed by atoms with E-state index in [0.717, 1.165) is 6.54 Å². The van der Waals surface area contributed by atoms with Crippen molar-refractivity contribution in [3.8, 4) is 0 Å². The molecule has 5 heteroatoms. The molecule has 2 rings (SSSR count). The molecule has 0 bridgehead atoms. The first-order valence-electron chi connectivity index (χ1n) is 4.92. The summed E-state index contributed by atoms with van der Waals surface area (Å²) in [6, 6.07) is 0. The highest BCUT2D eigenvalue weighted by atomic mass is 16.5. The summed E-state index contributed by atoms with van der Waals surface area (Å²) < 4.78 is 0. The molecule has 0 aromatic rings. The van der Waals surface area contributed by atoms with Crippen molar-refractivity contribution in [3.63, 3.8) is 0 Å². The average Bonchev–Trinajstić information content (AvgIpc) is 2.91. The van der Waals surface area contributed by atoms with E-state index in [1.54, 1.807) is 10.4 Å². The van der Waals surface area contributed by atoms with Crippen LogP contribution >= 0.6 is 0 Å². The molecule has 0 spiro atoms. The summed E-state index contributed by atoms with van der Waals surface area (Å²) in [5.74, 6) is -0.136. The van der Waals surface area contributed by atoms with E-state index in [1.165, 1.54) is 12.8 Å². The lowest BCUT2D eigenvalue weighted by molar-refractivity contribution is -0.133. The zero-order chi connectivity index (χ0) is 10.1. The van der Waals surface area contributed by atoms with Gasteiger partial charge < -0.3 is 4.90 Å². The van der Waals surface area contributed by atoms with Gasteiger partial charge >= 0.3 is 0 Å². The monoisotopic (exact) mass is 198 g/mol. The van der Waals surface area contributed by atoms with Crippen LogP contribution in [0.5, 0.6) is 0 Å². The van der Waals surface area contributed by atoms with Crippen molar-refractivity contribution in [2.24, 2.45) is 11.8 Å². The largest absolute Gasteiger partial charge is 0.342 e. The van der Waals surface area contributed by atoms with E-state index in [2.05, 4.69) is 0 Å². The van der Waals surface area contributed by atoms with Crippen LogP contribution in [-0.2, 0) is 9.59 Å². The Morgan fingerprint density at radius 2 is 2.29 bits per heavy atom. The van der Waals surface area contributed by atoms with Crippen LogP contribution in [0.4, 0.5) is 0 Å². The molecule has 78 valence electrons. The first kappa shape index (κ1) is 9.45. The van der Waals surface area contributed by atoms with Crippen molar-refractivity contribution in [3.05, 3.63) is 0 Å². The van der Waals surface area contributed by atoms with Crippen LogP contribution in [0.25, 0.3) is 0 Å². The molecule has 0 aromatic heterocycles. The Morgan fingerprint density at radius 1 is 1.57 bits per heavy atom. The molecule has 1 heterocycles. The van der Waals surface area contributed by atoms with Gasteiger partial charge in [0.1, 0.15) is 0 Å². The Bertz CT molecular complexity index is 263. The van der Waals surface area contributed by atoms with E-state index in [-0.39, 0.29) is 18.2 Å². The molecule has 1 saturated carbocycles. The molecule has 2 amide bonds. The Hall–Kier alpha value is -1.10. The zero-order valence-corrected chi connectivity index (χ0v) is 7.90. The van der Waals surface area contributed by atoms with Crippen LogP contribution in [-0.4, -0.2) is 35.0 Å². The maximum absolute atomic E-state index is 11.4. The molecule has 1 aliphatic heterocycles. The molecular weight excluding hydrogens is 184 g/mol. The van der Waals surface area contributed by atoms with E-state index in [9.17, 15) is 9.59 Å². The van der Waals surface area contributed by atoms with Crippen LogP contribution in [0.1, 0.15) is 19.3 Å². The topological polar surface area (TPSA) is 69.6 Å². The minimum Gasteiger partial charge on any atom is -0.342 e. The van der Waals surface area contributed by atoms with Gasteiger partial charge in [0.2, 0.25) is 11.8 Å². The number of likely N-dealkylation sites (tertiary alicyclic amines) is 1. The third-order valence-corrected chi connectivity index (χ3v) is 2.87. The number of rotatable bonds is 3. The molecule has 2 fully saturated rings. The number of hydrogen-bond acceptors (Lipinski definition) is 3. The smallest absolute Gasteiger partial charge is 0.248 e. The Balaban J connectivity index is 1.88. The first-order valence-corrected chi connectivity index (χ1v) is 4.92. The highest BCUT2D eigenvalue weighted by Crippen LogP contribution is 2.31. The van der Waals surface area contributed by atoms with Gasteiger partial charge in [0.15, 0.2) is 0 Å². The number of carbonyl (C=O) groups excluding carboxylic acids is 2. The molecule has 14 heavy (non-hydrogen) atoms.